The Morgan fingerprint density at radius 3 is 0.844 bits per heavy atom. The predicted molar refractivity (Wildman–Crippen MR) is 338 cm³/mol. The summed E-state index contributed by atoms with van der Waals surface area (Å²) in [5.74, 6) is -0.610. The van der Waals surface area contributed by atoms with Gasteiger partial charge < -0.3 is 14.6 Å². The zero-order chi connectivity index (χ0) is 55.5. The number of unbranched alkanes of at least 4 members (excludes halogenated alkanes) is 28. The maximum atomic E-state index is 12.3. The third-order valence-electron chi connectivity index (χ3n) is 13.7. The topological polar surface area (TPSA) is 72.8 Å². The summed E-state index contributed by atoms with van der Waals surface area (Å²) >= 11 is 0. The Morgan fingerprint density at radius 2 is 0.558 bits per heavy atom. The number of ether oxygens (including phenoxy) is 2. The summed E-state index contributed by atoms with van der Waals surface area (Å²) in [4.78, 5) is 24.6. The van der Waals surface area contributed by atoms with Crippen molar-refractivity contribution in [1.82, 2.24) is 0 Å². The van der Waals surface area contributed by atoms with Crippen molar-refractivity contribution in [3.8, 4) is 0 Å². The van der Waals surface area contributed by atoms with Gasteiger partial charge >= 0.3 is 11.9 Å². The Hall–Kier alpha value is -3.96. The second kappa shape index (κ2) is 66.3. The summed E-state index contributed by atoms with van der Waals surface area (Å²) in [5.41, 5.74) is 0. The minimum Gasteiger partial charge on any atom is -0.462 e. The van der Waals surface area contributed by atoms with Gasteiger partial charge in [0.2, 0.25) is 0 Å². The normalized spacial score (nSPS) is 13.1. The van der Waals surface area contributed by atoms with Gasteiger partial charge in [-0.15, -0.1) is 0 Å². The molecule has 0 heterocycles. The first-order chi connectivity index (χ1) is 38.1. The van der Waals surface area contributed by atoms with Crippen LogP contribution >= 0.6 is 0 Å². The summed E-state index contributed by atoms with van der Waals surface area (Å²) in [7, 11) is 0. The van der Waals surface area contributed by atoms with Gasteiger partial charge in [-0.2, -0.15) is 0 Å². The molecular weight excluding hydrogens is 945 g/mol. The van der Waals surface area contributed by atoms with E-state index in [9.17, 15) is 14.7 Å². The van der Waals surface area contributed by atoms with Crippen molar-refractivity contribution in [2.45, 2.75) is 296 Å². The van der Waals surface area contributed by atoms with Crippen LogP contribution in [0.25, 0.3) is 0 Å². The van der Waals surface area contributed by atoms with Gasteiger partial charge in [0.25, 0.3) is 0 Å². The van der Waals surface area contributed by atoms with E-state index in [2.05, 4.69) is 148 Å². The third kappa shape index (κ3) is 64.5. The van der Waals surface area contributed by atoms with Crippen LogP contribution in [0.3, 0.4) is 0 Å². The molecule has 438 valence electrons. The number of aliphatic hydroxyl groups is 1. The molecule has 0 saturated heterocycles. The summed E-state index contributed by atoms with van der Waals surface area (Å²) in [6, 6.07) is 0. The highest BCUT2D eigenvalue weighted by Gasteiger charge is 2.16. The van der Waals surface area contributed by atoms with E-state index in [0.29, 0.717) is 12.8 Å². The van der Waals surface area contributed by atoms with E-state index in [1.807, 2.05) is 0 Å². The van der Waals surface area contributed by atoms with Crippen molar-refractivity contribution >= 4 is 11.9 Å². The van der Waals surface area contributed by atoms with Crippen molar-refractivity contribution in [2.75, 3.05) is 13.2 Å². The molecule has 0 bridgehead atoms. The van der Waals surface area contributed by atoms with Crippen LogP contribution in [-0.2, 0) is 19.1 Å². The molecule has 0 aromatic carbocycles. The lowest BCUT2D eigenvalue weighted by atomic mass is 10.0. The number of hydrogen-bond donors (Lipinski definition) is 1. The number of esters is 2. The van der Waals surface area contributed by atoms with Gasteiger partial charge in [0, 0.05) is 12.8 Å². The van der Waals surface area contributed by atoms with Crippen LogP contribution < -0.4 is 0 Å². The molecule has 0 aliphatic rings. The summed E-state index contributed by atoms with van der Waals surface area (Å²) in [5, 5.41) is 9.68. The van der Waals surface area contributed by atoms with Gasteiger partial charge in [-0.1, -0.05) is 314 Å². The smallest absolute Gasteiger partial charge is 0.306 e. The molecule has 1 N–H and O–H groups in total. The summed E-state index contributed by atoms with van der Waals surface area (Å²) < 4.78 is 10.7. The SMILES string of the molecule is CC/C=C\C/C=C\C/C=C\C/C=C\C/C=C\C/C=C\C/C=C\C/C=C\C/C=C\C/C=C\C/C=C\CCCCCCCC(=O)OC(CO)COC(=O)CCCCCCCCCCCCCCCCCCCCCCCCCC. The van der Waals surface area contributed by atoms with Gasteiger partial charge in [-0.25, -0.2) is 0 Å². The van der Waals surface area contributed by atoms with E-state index in [4.69, 9.17) is 9.47 Å². The molecular formula is C72H120O5. The van der Waals surface area contributed by atoms with Crippen LogP contribution in [0.1, 0.15) is 290 Å². The van der Waals surface area contributed by atoms with Crippen LogP contribution in [0.2, 0.25) is 0 Å². The largest absolute Gasteiger partial charge is 0.462 e. The number of carbonyl (C=O) groups is 2. The molecule has 0 aliphatic heterocycles. The maximum absolute atomic E-state index is 12.3. The van der Waals surface area contributed by atoms with Crippen LogP contribution in [0.5, 0.6) is 0 Å². The van der Waals surface area contributed by atoms with Crippen molar-refractivity contribution in [1.29, 1.82) is 0 Å². The fourth-order valence-corrected chi connectivity index (χ4v) is 8.92. The van der Waals surface area contributed by atoms with E-state index in [-0.39, 0.29) is 25.2 Å². The predicted octanol–water partition coefficient (Wildman–Crippen LogP) is 22.4. The first-order valence-corrected chi connectivity index (χ1v) is 32.2. The molecule has 0 amide bonds. The molecule has 77 heavy (non-hydrogen) atoms. The number of allylic oxidation sites excluding steroid dienone is 22. The molecule has 0 spiro atoms. The molecule has 0 rings (SSSR count). The number of carbonyl (C=O) groups excluding carboxylic acids is 2. The second-order valence-electron chi connectivity index (χ2n) is 21.1. The molecule has 0 aliphatic carbocycles. The van der Waals surface area contributed by atoms with Crippen molar-refractivity contribution < 1.29 is 24.2 Å². The lowest BCUT2D eigenvalue weighted by Gasteiger charge is -2.15. The molecule has 0 radical (unpaired) electrons. The zero-order valence-corrected chi connectivity index (χ0v) is 50.2. The van der Waals surface area contributed by atoms with Crippen molar-refractivity contribution in [3.63, 3.8) is 0 Å². The average Bonchev–Trinajstić information content (AvgIpc) is 3.43. The van der Waals surface area contributed by atoms with E-state index in [1.165, 1.54) is 135 Å². The molecule has 0 aromatic rings. The fourth-order valence-electron chi connectivity index (χ4n) is 8.92. The second-order valence-corrected chi connectivity index (χ2v) is 21.1. The minimum absolute atomic E-state index is 0.0779. The molecule has 1 atom stereocenters. The first-order valence-electron chi connectivity index (χ1n) is 32.2. The Labute approximate surface area is 476 Å². The Kier molecular flexibility index (Phi) is 62.9. The monoisotopic (exact) mass is 1060 g/mol. The number of rotatable bonds is 58. The van der Waals surface area contributed by atoms with Gasteiger partial charge in [-0.3, -0.25) is 9.59 Å². The van der Waals surface area contributed by atoms with Gasteiger partial charge in [0.05, 0.1) is 6.61 Å². The van der Waals surface area contributed by atoms with Gasteiger partial charge in [0.15, 0.2) is 6.10 Å². The highest BCUT2D eigenvalue weighted by molar-refractivity contribution is 5.70. The van der Waals surface area contributed by atoms with Gasteiger partial charge in [0.1, 0.15) is 6.61 Å². The number of hydrogen-bond acceptors (Lipinski definition) is 5. The minimum atomic E-state index is -0.791. The fraction of sp³-hybridized carbons (Fsp3) is 0.667. The van der Waals surface area contributed by atoms with E-state index >= 15 is 0 Å². The highest BCUT2D eigenvalue weighted by Crippen LogP contribution is 2.17. The number of aliphatic hydroxyl groups excluding tert-OH is 1. The molecule has 1 unspecified atom stereocenters. The Balaban J connectivity index is 3.60. The van der Waals surface area contributed by atoms with E-state index < -0.39 is 6.10 Å². The van der Waals surface area contributed by atoms with Gasteiger partial charge in [-0.05, 0) is 96.3 Å². The lowest BCUT2D eigenvalue weighted by Crippen LogP contribution is -2.28. The van der Waals surface area contributed by atoms with Crippen LogP contribution in [0, 0.1) is 0 Å². The summed E-state index contributed by atoms with van der Waals surface area (Å²) in [6.07, 6.45) is 98.8. The quantitative estimate of drug-likeness (QED) is 0.0373. The van der Waals surface area contributed by atoms with Crippen LogP contribution in [0.4, 0.5) is 0 Å². The first kappa shape index (κ1) is 73.0. The summed E-state index contributed by atoms with van der Waals surface area (Å²) in [6.45, 7) is 4.03. The molecule has 5 heteroatoms. The van der Waals surface area contributed by atoms with Crippen molar-refractivity contribution in [2.24, 2.45) is 0 Å². The molecule has 5 nitrogen and oxygen atoms in total. The maximum Gasteiger partial charge on any atom is 0.306 e. The Morgan fingerprint density at radius 1 is 0.312 bits per heavy atom. The molecule has 0 fully saturated rings. The standard InChI is InChI=1S/C72H120O5/c1-3-5-7-9-11-13-15-17-19-21-23-25-27-29-30-31-32-33-34-35-36-37-38-39-40-41-42-43-45-47-49-51-53-55-57-59-61-63-65-67-72(75)77-70(68-73)69-76-71(74)66-64-62-60-58-56-54-52-50-48-46-44-28-26-24-22-20-18-16-14-12-10-8-6-4-2/h5,7,11,13,17,19,23,25,29-30,32-33,35-36,38-39,41-42,45,47,51,53,70,73H,3-4,6,8-10,12,14-16,18,20-22,24,26-28,31,34,37,40,43-44,46,48-50,52,54-69H2,1-2H3/b7-5-,13-11-,19-17-,25-23-,30-29-,33-32-,36-35-,39-38-,42-41-,47-45-,53-51-. The van der Waals surface area contributed by atoms with Crippen molar-refractivity contribution in [3.05, 3.63) is 134 Å². The van der Waals surface area contributed by atoms with E-state index in [1.54, 1.807) is 0 Å². The molecule has 0 saturated carbocycles. The zero-order valence-electron chi connectivity index (χ0n) is 50.2. The Bertz CT molecular complexity index is 1580. The van der Waals surface area contributed by atoms with Crippen LogP contribution in [-0.4, -0.2) is 36.4 Å². The van der Waals surface area contributed by atoms with Crippen LogP contribution in [0.15, 0.2) is 134 Å². The third-order valence-corrected chi connectivity index (χ3v) is 13.7. The average molecular weight is 1070 g/mol. The molecule has 0 aromatic heterocycles. The van der Waals surface area contributed by atoms with E-state index in [0.717, 1.165) is 128 Å². The lowest BCUT2D eigenvalue weighted by molar-refractivity contribution is -0.161. The highest BCUT2D eigenvalue weighted by atomic mass is 16.6.